The lowest BCUT2D eigenvalue weighted by atomic mass is 10.2. The number of nitro benzene ring substituents is 1. The highest BCUT2D eigenvalue weighted by Crippen LogP contribution is 2.22. The van der Waals surface area contributed by atoms with Gasteiger partial charge >= 0.3 is 6.03 Å². The lowest BCUT2D eigenvalue weighted by molar-refractivity contribution is -0.385. The molecule has 0 aliphatic heterocycles. The Bertz CT molecular complexity index is 749. The van der Waals surface area contributed by atoms with Crippen molar-refractivity contribution in [1.29, 1.82) is 0 Å². The summed E-state index contributed by atoms with van der Waals surface area (Å²) in [4.78, 5) is 24.1. The summed E-state index contributed by atoms with van der Waals surface area (Å²) < 4.78 is 0.936. The highest BCUT2D eigenvalue weighted by Gasteiger charge is 2.14. The Hall–Kier alpha value is -2.41. The SMILES string of the molecule is Cc1cc(NC(=O)N(C)Cc2ccccc2Br)ccc1[N+](=O)[O-]. The second-order valence-electron chi connectivity index (χ2n) is 5.14. The Morgan fingerprint density at radius 2 is 2.00 bits per heavy atom. The van der Waals surface area contributed by atoms with Gasteiger partial charge in [0, 0.05) is 35.4 Å². The largest absolute Gasteiger partial charge is 0.323 e. The van der Waals surface area contributed by atoms with E-state index in [-0.39, 0.29) is 11.7 Å². The maximum absolute atomic E-state index is 12.2. The van der Waals surface area contributed by atoms with Gasteiger partial charge in [0.2, 0.25) is 0 Å². The number of amides is 2. The lowest BCUT2D eigenvalue weighted by Gasteiger charge is -2.19. The summed E-state index contributed by atoms with van der Waals surface area (Å²) in [5.74, 6) is 0. The summed E-state index contributed by atoms with van der Waals surface area (Å²) in [5.41, 5.74) is 2.05. The average molecular weight is 378 g/mol. The van der Waals surface area contributed by atoms with Crippen molar-refractivity contribution in [3.8, 4) is 0 Å². The van der Waals surface area contributed by atoms with E-state index >= 15 is 0 Å². The number of carbonyl (C=O) groups excluding carboxylic acids is 1. The molecule has 0 atom stereocenters. The Morgan fingerprint density at radius 3 is 2.61 bits per heavy atom. The molecule has 2 amide bonds. The van der Waals surface area contributed by atoms with Crippen LogP contribution in [0, 0.1) is 17.0 Å². The molecule has 0 heterocycles. The Morgan fingerprint density at radius 1 is 1.30 bits per heavy atom. The number of halogens is 1. The minimum Gasteiger partial charge on any atom is -0.323 e. The zero-order valence-corrected chi connectivity index (χ0v) is 14.3. The molecule has 0 aliphatic carbocycles. The third-order valence-corrected chi connectivity index (χ3v) is 4.13. The van der Waals surface area contributed by atoms with Crippen LogP contribution in [0.2, 0.25) is 0 Å². The number of benzene rings is 2. The van der Waals surface area contributed by atoms with E-state index < -0.39 is 4.92 Å². The maximum Gasteiger partial charge on any atom is 0.321 e. The molecule has 0 unspecified atom stereocenters. The van der Waals surface area contributed by atoms with Gasteiger partial charge in [0.05, 0.1) is 4.92 Å². The fourth-order valence-electron chi connectivity index (χ4n) is 2.11. The third kappa shape index (κ3) is 4.29. The van der Waals surface area contributed by atoms with E-state index in [0.29, 0.717) is 17.8 Å². The lowest BCUT2D eigenvalue weighted by Crippen LogP contribution is -2.30. The summed E-state index contributed by atoms with van der Waals surface area (Å²) in [6.45, 7) is 2.08. The van der Waals surface area contributed by atoms with Gasteiger partial charge in [0.25, 0.3) is 5.69 Å². The van der Waals surface area contributed by atoms with E-state index in [1.807, 2.05) is 24.3 Å². The van der Waals surface area contributed by atoms with Crippen molar-refractivity contribution in [3.63, 3.8) is 0 Å². The van der Waals surface area contributed by atoms with E-state index in [1.165, 1.54) is 17.0 Å². The highest BCUT2D eigenvalue weighted by molar-refractivity contribution is 9.10. The molecule has 0 bridgehead atoms. The van der Waals surface area contributed by atoms with Crippen LogP contribution in [0.3, 0.4) is 0 Å². The summed E-state index contributed by atoms with van der Waals surface area (Å²) >= 11 is 3.45. The van der Waals surface area contributed by atoms with E-state index in [4.69, 9.17) is 0 Å². The molecule has 2 rings (SSSR count). The first-order chi connectivity index (χ1) is 10.9. The number of aryl methyl sites for hydroxylation is 1. The molecule has 0 radical (unpaired) electrons. The van der Waals surface area contributed by atoms with Crippen molar-refractivity contribution in [1.82, 2.24) is 4.90 Å². The normalized spacial score (nSPS) is 10.2. The number of nitrogens with one attached hydrogen (secondary N) is 1. The standard InChI is InChI=1S/C16H16BrN3O3/c1-11-9-13(7-8-15(11)20(22)23)18-16(21)19(2)10-12-5-3-4-6-14(12)17/h3-9H,10H2,1-2H3,(H,18,21). The number of anilines is 1. The quantitative estimate of drug-likeness (QED) is 0.636. The van der Waals surface area contributed by atoms with Crippen molar-refractivity contribution in [2.45, 2.75) is 13.5 Å². The van der Waals surface area contributed by atoms with Crippen LogP contribution in [0.25, 0.3) is 0 Å². The second-order valence-corrected chi connectivity index (χ2v) is 5.99. The van der Waals surface area contributed by atoms with Crippen LogP contribution in [0.1, 0.15) is 11.1 Å². The molecule has 0 spiro atoms. The first-order valence-corrected chi connectivity index (χ1v) is 7.68. The molecule has 2 aromatic carbocycles. The van der Waals surface area contributed by atoms with Crippen LogP contribution in [-0.4, -0.2) is 22.9 Å². The number of hydrogen-bond acceptors (Lipinski definition) is 3. The predicted molar refractivity (Wildman–Crippen MR) is 92.5 cm³/mol. The second kappa shape index (κ2) is 7.23. The van der Waals surface area contributed by atoms with Crippen LogP contribution in [0.4, 0.5) is 16.2 Å². The first-order valence-electron chi connectivity index (χ1n) is 6.89. The first kappa shape index (κ1) is 17.0. The van der Waals surface area contributed by atoms with Gasteiger partial charge in [-0.2, -0.15) is 0 Å². The zero-order valence-electron chi connectivity index (χ0n) is 12.7. The minimum absolute atomic E-state index is 0.0320. The molecule has 120 valence electrons. The minimum atomic E-state index is -0.444. The van der Waals surface area contributed by atoms with Gasteiger partial charge in [-0.1, -0.05) is 34.1 Å². The summed E-state index contributed by atoms with van der Waals surface area (Å²) in [7, 11) is 1.69. The Labute approximate surface area is 142 Å². The fourth-order valence-corrected chi connectivity index (χ4v) is 2.52. The van der Waals surface area contributed by atoms with Crippen LogP contribution >= 0.6 is 15.9 Å². The number of urea groups is 1. The van der Waals surface area contributed by atoms with Gasteiger partial charge in [-0.3, -0.25) is 10.1 Å². The number of nitrogens with zero attached hydrogens (tertiary/aromatic N) is 2. The van der Waals surface area contributed by atoms with Crippen LogP contribution < -0.4 is 5.32 Å². The van der Waals surface area contributed by atoms with Gasteiger partial charge in [-0.15, -0.1) is 0 Å². The molecule has 1 N–H and O–H groups in total. The summed E-state index contributed by atoms with van der Waals surface area (Å²) in [5, 5.41) is 13.5. The Kier molecular flexibility index (Phi) is 5.33. The summed E-state index contributed by atoms with van der Waals surface area (Å²) in [6, 6.07) is 11.9. The van der Waals surface area contributed by atoms with Gasteiger partial charge in [0.15, 0.2) is 0 Å². The number of hydrogen-bond donors (Lipinski definition) is 1. The van der Waals surface area contributed by atoms with Gasteiger partial charge in [-0.05, 0) is 30.7 Å². The van der Waals surface area contributed by atoms with E-state index in [9.17, 15) is 14.9 Å². The van der Waals surface area contributed by atoms with Crippen LogP contribution in [0.15, 0.2) is 46.9 Å². The third-order valence-electron chi connectivity index (χ3n) is 3.36. The summed E-state index contributed by atoms with van der Waals surface area (Å²) in [6.07, 6.45) is 0. The van der Waals surface area contributed by atoms with Crippen molar-refractivity contribution in [3.05, 3.63) is 68.2 Å². The van der Waals surface area contributed by atoms with Gasteiger partial charge in [0.1, 0.15) is 0 Å². The van der Waals surface area contributed by atoms with E-state index in [0.717, 1.165) is 10.0 Å². The Balaban J connectivity index is 2.05. The highest BCUT2D eigenvalue weighted by atomic mass is 79.9. The molecule has 0 aliphatic rings. The molecule has 6 nitrogen and oxygen atoms in total. The maximum atomic E-state index is 12.2. The van der Waals surface area contributed by atoms with Gasteiger partial charge < -0.3 is 10.2 Å². The topological polar surface area (TPSA) is 75.5 Å². The van der Waals surface area contributed by atoms with Gasteiger partial charge in [-0.25, -0.2) is 4.79 Å². The molecule has 0 aromatic heterocycles. The number of rotatable bonds is 4. The number of nitro groups is 1. The van der Waals surface area contributed by atoms with E-state index in [2.05, 4.69) is 21.2 Å². The number of carbonyl (C=O) groups is 1. The predicted octanol–water partition coefficient (Wildman–Crippen LogP) is 4.33. The monoisotopic (exact) mass is 377 g/mol. The smallest absolute Gasteiger partial charge is 0.321 e. The fraction of sp³-hybridized carbons (Fsp3) is 0.188. The molecule has 0 fully saturated rings. The molecule has 7 heteroatoms. The van der Waals surface area contributed by atoms with Crippen molar-refractivity contribution in [2.24, 2.45) is 0 Å². The molecule has 23 heavy (non-hydrogen) atoms. The molecule has 2 aromatic rings. The zero-order chi connectivity index (χ0) is 17.0. The van der Waals surface area contributed by atoms with E-state index in [1.54, 1.807) is 20.0 Å². The molecular formula is C16H16BrN3O3. The van der Waals surface area contributed by atoms with Crippen molar-refractivity contribution in [2.75, 3.05) is 12.4 Å². The molecule has 0 saturated carbocycles. The van der Waals surface area contributed by atoms with Crippen molar-refractivity contribution >= 4 is 33.3 Å². The average Bonchev–Trinajstić information content (AvgIpc) is 2.49. The molecule has 0 saturated heterocycles. The van der Waals surface area contributed by atoms with Crippen LogP contribution in [-0.2, 0) is 6.54 Å². The molecular weight excluding hydrogens is 362 g/mol. The van der Waals surface area contributed by atoms with Crippen LogP contribution in [0.5, 0.6) is 0 Å². The van der Waals surface area contributed by atoms with Crippen molar-refractivity contribution < 1.29 is 9.72 Å².